The number of hydrogen-bond donors (Lipinski definition) is 0. The van der Waals surface area contributed by atoms with Gasteiger partial charge >= 0.3 is 0 Å². The molecule has 0 aromatic carbocycles. The monoisotopic (exact) mass is 171 g/mol. The van der Waals surface area contributed by atoms with Gasteiger partial charge in [0.25, 0.3) is 0 Å². The molecule has 54 valence electrons. The molecular formula is C7H9NS2. The van der Waals surface area contributed by atoms with Crippen molar-refractivity contribution in [2.24, 2.45) is 0 Å². The summed E-state index contributed by atoms with van der Waals surface area (Å²) in [6.07, 6.45) is 6.05. The topological polar surface area (TPSA) is 12.9 Å². The average molecular weight is 171 g/mol. The summed E-state index contributed by atoms with van der Waals surface area (Å²) in [5.74, 6) is 0. The van der Waals surface area contributed by atoms with Gasteiger partial charge in [0.1, 0.15) is 4.34 Å². The first-order valence-corrected chi connectivity index (χ1v) is 5.09. The fourth-order valence-corrected chi connectivity index (χ4v) is 1.85. The molecule has 3 heteroatoms. The Morgan fingerprint density at radius 2 is 2.50 bits per heavy atom. The van der Waals surface area contributed by atoms with Gasteiger partial charge in [-0.15, -0.1) is 11.3 Å². The standard InChI is InChI=1S/C7H9NS2/c1-3-4-6-5-10-7(8-6)9-2/h3-5H,1-2H3/b4-3+. The van der Waals surface area contributed by atoms with E-state index < -0.39 is 0 Å². The molecule has 0 saturated carbocycles. The first kappa shape index (κ1) is 7.82. The normalized spacial score (nSPS) is 11.0. The lowest BCUT2D eigenvalue weighted by atomic mass is 10.4. The van der Waals surface area contributed by atoms with Crippen LogP contribution in [0.1, 0.15) is 12.6 Å². The van der Waals surface area contributed by atoms with Gasteiger partial charge in [-0.05, 0) is 19.3 Å². The lowest BCUT2D eigenvalue weighted by Gasteiger charge is -1.81. The van der Waals surface area contributed by atoms with Crippen LogP contribution in [0, 0.1) is 0 Å². The highest BCUT2D eigenvalue weighted by Crippen LogP contribution is 2.20. The molecule has 0 bridgehead atoms. The smallest absolute Gasteiger partial charge is 0.150 e. The van der Waals surface area contributed by atoms with Crippen LogP contribution >= 0.6 is 23.1 Å². The molecule has 0 atom stereocenters. The Labute approximate surface area is 69.2 Å². The predicted octanol–water partition coefficient (Wildman–Crippen LogP) is 2.90. The molecule has 1 heterocycles. The predicted molar refractivity (Wildman–Crippen MR) is 48.6 cm³/mol. The van der Waals surface area contributed by atoms with E-state index in [9.17, 15) is 0 Å². The Bertz CT molecular complexity index is 227. The van der Waals surface area contributed by atoms with E-state index in [1.807, 2.05) is 25.3 Å². The minimum atomic E-state index is 1.07. The number of allylic oxidation sites excluding steroid dienone is 1. The van der Waals surface area contributed by atoms with Gasteiger partial charge in [0.2, 0.25) is 0 Å². The summed E-state index contributed by atoms with van der Waals surface area (Å²) in [6.45, 7) is 2.00. The molecule has 0 saturated heterocycles. The lowest BCUT2D eigenvalue weighted by Crippen LogP contribution is -1.68. The molecule has 0 radical (unpaired) electrons. The summed E-state index contributed by atoms with van der Waals surface area (Å²) in [6, 6.07) is 0. The number of hydrogen-bond acceptors (Lipinski definition) is 3. The Kier molecular flexibility index (Phi) is 2.96. The molecule has 0 unspecified atom stereocenters. The van der Waals surface area contributed by atoms with Crippen LogP contribution in [-0.4, -0.2) is 11.2 Å². The maximum absolute atomic E-state index is 4.31. The summed E-state index contributed by atoms with van der Waals surface area (Å²) in [5.41, 5.74) is 1.07. The van der Waals surface area contributed by atoms with Crippen molar-refractivity contribution < 1.29 is 0 Å². The first-order valence-electron chi connectivity index (χ1n) is 2.99. The second-order valence-corrected chi connectivity index (χ2v) is 3.65. The summed E-state index contributed by atoms with van der Waals surface area (Å²) in [5, 5.41) is 2.06. The average Bonchev–Trinajstić information content (AvgIpc) is 2.37. The van der Waals surface area contributed by atoms with Gasteiger partial charge in [-0.3, -0.25) is 0 Å². The van der Waals surface area contributed by atoms with E-state index >= 15 is 0 Å². The van der Waals surface area contributed by atoms with Crippen LogP contribution in [0.3, 0.4) is 0 Å². The highest BCUT2D eigenvalue weighted by atomic mass is 32.2. The van der Waals surface area contributed by atoms with Gasteiger partial charge in [0.05, 0.1) is 5.69 Å². The third kappa shape index (κ3) is 1.85. The molecule has 0 spiro atoms. The van der Waals surface area contributed by atoms with Gasteiger partial charge in [0.15, 0.2) is 0 Å². The van der Waals surface area contributed by atoms with Gasteiger partial charge in [-0.25, -0.2) is 4.98 Å². The fourth-order valence-electron chi connectivity index (χ4n) is 0.610. The number of rotatable bonds is 2. The van der Waals surface area contributed by atoms with Crippen LogP contribution in [0.4, 0.5) is 0 Å². The highest BCUT2D eigenvalue weighted by molar-refractivity contribution is 8.00. The largest absolute Gasteiger partial charge is 0.230 e. The first-order chi connectivity index (χ1) is 4.86. The van der Waals surface area contributed by atoms with E-state index in [1.165, 1.54) is 0 Å². The van der Waals surface area contributed by atoms with E-state index in [4.69, 9.17) is 0 Å². The molecule has 0 fully saturated rings. The second kappa shape index (κ2) is 3.78. The van der Waals surface area contributed by atoms with Crippen LogP contribution in [0.25, 0.3) is 6.08 Å². The van der Waals surface area contributed by atoms with Gasteiger partial charge in [-0.1, -0.05) is 17.8 Å². The Balaban J connectivity index is 2.78. The maximum Gasteiger partial charge on any atom is 0.150 e. The zero-order valence-electron chi connectivity index (χ0n) is 6.00. The van der Waals surface area contributed by atoms with Crippen LogP contribution in [0.15, 0.2) is 15.8 Å². The van der Waals surface area contributed by atoms with Gasteiger partial charge in [0, 0.05) is 5.38 Å². The summed E-state index contributed by atoms with van der Waals surface area (Å²) < 4.78 is 1.13. The van der Waals surface area contributed by atoms with Crippen molar-refractivity contribution in [3.8, 4) is 0 Å². The maximum atomic E-state index is 4.31. The van der Waals surface area contributed by atoms with Crippen LogP contribution in [0.2, 0.25) is 0 Å². The number of aromatic nitrogens is 1. The highest BCUT2D eigenvalue weighted by Gasteiger charge is 1.94. The number of thioether (sulfide) groups is 1. The fraction of sp³-hybridized carbons (Fsp3) is 0.286. The number of thiazole rings is 1. The Morgan fingerprint density at radius 1 is 1.70 bits per heavy atom. The minimum absolute atomic E-state index is 1.07. The molecule has 1 rings (SSSR count). The Hall–Kier alpha value is -0.280. The quantitative estimate of drug-likeness (QED) is 0.635. The SMILES string of the molecule is C/C=C/c1csc(SC)n1. The molecule has 10 heavy (non-hydrogen) atoms. The van der Waals surface area contributed by atoms with E-state index in [1.54, 1.807) is 23.1 Å². The van der Waals surface area contributed by atoms with Gasteiger partial charge in [-0.2, -0.15) is 0 Å². The van der Waals surface area contributed by atoms with E-state index in [2.05, 4.69) is 10.4 Å². The molecule has 1 nitrogen and oxygen atoms in total. The molecule has 0 amide bonds. The van der Waals surface area contributed by atoms with Crippen LogP contribution < -0.4 is 0 Å². The van der Waals surface area contributed by atoms with Crippen molar-refractivity contribution in [3.63, 3.8) is 0 Å². The molecule has 1 aromatic rings. The zero-order valence-corrected chi connectivity index (χ0v) is 7.63. The summed E-state index contributed by atoms with van der Waals surface area (Å²) in [7, 11) is 0. The van der Waals surface area contributed by atoms with Crippen molar-refractivity contribution >= 4 is 29.2 Å². The van der Waals surface area contributed by atoms with E-state index in [0.717, 1.165) is 10.0 Å². The van der Waals surface area contributed by atoms with E-state index in [-0.39, 0.29) is 0 Å². The third-order valence-electron chi connectivity index (χ3n) is 1.01. The van der Waals surface area contributed by atoms with Crippen molar-refractivity contribution in [2.75, 3.05) is 6.26 Å². The molecule has 0 aliphatic heterocycles. The third-order valence-corrected chi connectivity index (χ3v) is 2.89. The molecule has 1 aromatic heterocycles. The molecule has 0 aliphatic carbocycles. The zero-order chi connectivity index (χ0) is 7.40. The summed E-state index contributed by atoms with van der Waals surface area (Å²) in [4.78, 5) is 4.31. The number of nitrogens with zero attached hydrogens (tertiary/aromatic N) is 1. The van der Waals surface area contributed by atoms with Crippen molar-refractivity contribution in [2.45, 2.75) is 11.3 Å². The van der Waals surface area contributed by atoms with Crippen LogP contribution in [0.5, 0.6) is 0 Å². The molecular weight excluding hydrogens is 162 g/mol. The van der Waals surface area contributed by atoms with Crippen LogP contribution in [-0.2, 0) is 0 Å². The van der Waals surface area contributed by atoms with Crippen molar-refractivity contribution in [1.82, 2.24) is 4.98 Å². The van der Waals surface area contributed by atoms with Gasteiger partial charge < -0.3 is 0 Å². The minimum Gasteiger partial charge on any atom is -0.230 e. The van der Waals surface area contributed by atoms with Crippen molar-refractivity contribution in [3.05, 3.63) is 17.2 Å². The Morgan fingerprint density at radius 3 is 3.00 bits per heavy atom. The molecule has 0 N–H and O–H groups in total. The van der Waals surface area contributed by atoms with E-state index in [0.29, 0.717) is 0 Å². The lowest BCUT2D eigenvalue weighted by molar-refractivity contribution is 1.23. The van der Waals surface area contributed by atoms with Crippen molar-refractivity contribution in [1.29, 1.82) is 0 Å². The molecule has 0 aliphatic rings. The summed E-state index contributed by atoms with van der Waals surface area (Å²) >= 11 is 3.38. The second-order valence-electron chi connectivity index (χ2n) is 1.74.